The van der Waals surface area contributed by atoms with Gasteiger partial charge in [-0.05, 0) is 31.2 Å². The van der Waals surface area contributed by atoms with Crippen LogP contribution in [0.2, 0.25) is 0 Å². The van der Waals surface area contributed by atoms with Gasteiger partial charge < -0.3 is 4.74 Å². The van der Waals surface area contributed by atoms with Crippen molar-refractivity contribution in [3.63, 3.8) is 0 Å². The van der Waals surface area contributed by atoms with E-state index < -0.39 is 0 Å². The second-order valence-electron chi connectivity index (χ2n) is 3.35. The van der Waals surface area contributed by atoms with Crippen molar-refractivity contribution in [1.29, 1.82) is 0 Å². The molecule has 0 aliphatic heterocycles. The molecule has 4 heteroatoms. The highest BCUT2D eigenvalue weighted by molar-refractivity contribution is 7.07. The number of carbonyl (C=O) groups excluding carboxylic acids is 1. The van der Waals surface area contributed by atoms with E-state index in [9.17, 15) is 4.79 Å². The first-order valence-corrected chi connectivity index (χ1v) is 5.81. The Balaban J connectivity index is 1.98. The molecular weight excluding hydrogens is 222 g/mol. The third-order valence-electron chi connectivity index (χ3n) is 2.13. The molecule has 1 heterocycles. The zero-order valence-corrected chi connectivity index (χ0v) is 9.66. The first-order chi connectivity index (χ1) is 7.75. The number of benzene rings is 1. The zero-order valence-electron chi connectivity index (χ0n) is 8.84. The summed E-state index contributed by atoms with van der Waals surface area (Å²) < 4.78 is 5.52. The van der Waals surface area contributed by atoms with Crippen molar-refractivity contribution in [2.24, 2.45) is 0 Å². The Labute approximate surface area is 97.7 Å². The number of aromatic nitrogens is 1. The number of Topliss-reactive ketones (excluding diaryl/α,β-unsaturated/α-hetero) is 1. The van der Waals surface area contributed by atoms with Crippen LogP contribution < -0.4 is 4.74 Å². The lowest BCUT2D eigenvalue weighted by Gasteiger charge is -2.04. The van der Waals surface area contributed by atoms with Gasteiger partial charge in [-0.25, -0.2) is 4.98 Å². The van der Waals surface area contributed by atoms with Crippen LogP contribution in [0.1, 0.15) is 23.0 Å². The molecule has 0 aliphatic carbocycles. The Kier molecular flexibility index (Phi) is 3.31. The van der Waals surface area contributed by atoms with Crippen LogP contribution in [0.5, 0.6) is 5.75 Å². The van der Waals surface area contributed by atoms with E-state index in [-0.39, 0.29) is 5.78 Å². The van der Waals surface area contributed by atoms with E-state index in [1.165, 1.54) is 0 Å². The van der Waals surface area contributed by atoms with E-state index in [2.05, 4.69) is 4.98 Å². The molecule has 82 valence electrons. The summed E-state index contributed by atoms with van der Waals surface area (Å²) in [6, 6.07) is 7.11. The third-order valence-corrected chi connectivity index (χ3v) is 2.77. The normalized spacial score (nSPS) is 10.1. The number of hydrogen-bond donors (Lipinski definition) is 0. The first kappa shape index (κ1) is 10.8. The Morgan fingerprint density at radius 3 is 2.69 bits per heavy atom. The van der Waals surface area contributed by atoms with Gasteiger partial charge in [-0.15, -0.1) is 11.3 Å². The summed E-state index contributed by atoms with van der Waals surface area (Å²) in [6.45, 7) is 2.01. The summed E-state index contributed by atoms with van der Waals surface area (Å²) in [5.41, 5.74) is 3.39. The number of thiazole rings is 1. The summed E-state index contributed by atoms with van der Waals surface area (Å²) in [6.07, 6.45) is 0. The maximum absolute atomic E-state index is 11.1. The van der Waals surface area contributed by atoms with Crippen molar-refractivity contribution in [1.82, 2.24) is 4.98 Å². The minimum Gasteiger partial charge on any atom is -0.487 e. The zero-order chi connectivity index (χ0) is 11.4. The van der Waals surface area contributed by atoms with Crippen molar-refractivity contribution in [3.05, 3.63) is 46.4 Å². The number of ether oxygens (including phenoxy) is 1. The Hall–Kier alpha value is -1.68. The molecule has 0 saturated carbocycles. The summed E-state index contributed by atoms with van der Waals surface area (Å²) in [5, 5.41) is 1.95. The van der Waals surface area contributed by atoms with Crippen LogP contribution in [0, 0.1) is 0 Å². The summed E-state index contributed by atoms with van der Waals surface area (Å²) in [5.74, 6) is 0.809. The van der Waals surface area contributed by atoms with E-state index in [1.54, 1.807) is 48.0 Å². The molecule has 1 aromatic heterocycles. The van der Waals surface area contributed by atoms with Crippen molar-refractivity contribution in [3.8, 4) is 5.75 Å². The Morgan fingerprint density at radius 2 is 2.12 bits per heavy atom. The number of nitrogens with zero attached hydrogens (tertiary/aromatic N) is 1. The standard InChI is InChI=1S/C12H11NO2S/c1-9(14)10-2-4-12(5-3-10)15-6-11-7-16-8-13-11/h2-5,7-8H,6H2,1H3. The Morgan fingerprint density at radius 1 is 1.38 bits per heavy atom. The van der Waals surface area contributed by atoms with Crippen LogP contribution in [0.4, 0.5) is 0 Å². The molecule has 0 saturated heterocycles. The predicted octanol–water partition coefficient (Wildman–Crippen LogP) is 2.92. The van der Waals surface area contributed by atoms with Gasteiger partial charge in [0.05, 0.1) is 11.2 Å². The Bertz CT molecular complexity index is 462. The largest absolute Gasteiger partial charge is 0.487 e. The van der Waals surface area contributed by atoms with E-state index in [0.29, 0.717) is 12.2 Å². The lowest BCUT2D eigenvalue weighted by molar-refractivity contribution is 0.101. The van der Waals surface area contributed by atoms with Crippen molar-refractivity contribution in [2.45, 2.75) is 13.5 Å². The van der Waals surface area contributed by atoms with Crippen molar-refractivity contribution in [2.75, 3.05) is 0 Å². The van der Waals surface area contributed by atoms with Gasteiger partial charge in [0, 0.05) is 10.9 Å². The van der Waals surface area contributed by atoms with E-state index >= 15 is 0 Å². The molecule has 2 rings (SSSR count). The summed E-state index contributed by atoms with van der Waals surface area (Å²) in [7, 11) is 0. The molecule has 0 unspecified atom stereocenters. The maximum atomic E-state index is 11.1. The smallest absolute Gasteiger partial charge is 0.159 e. The molecule has 0 atom stereocenters. The molecule has 0 amide bonds. The molecule has 16 heavy (non-hydrogen) atoms. The summed E-state index contributed by atoms with van der Waals surface area (Å²) >= 11 is 1.55. The molecular formula is C12H11NO2S. The van der Waals surface area contributed by atoms with Crippen LogP contribution in [0.25, 0.3) is 0 Å². The highest BCUT2D eigenvalue weighted by Crippen LogP contribution is 2.14. The minimum absolute atomic E-state index is 0.0612. The quantitative estimate of drug-likeness (QED) is 0.762. The van der Waals surface area contributed by atoms with Crippen LogP contribution in [0.3, 0.4) is 0 Å². The SMILES string of the molecule is CC(=O)c1ccc(OCc2cscn2)cc1. The van der Waals surface area contributed by atoms with Gasteiger partial charge >= 0.3 is 0 Å². The van der Waals surface area contributed by atoms with Crippen LogP contribution in [-0.2, 0) is 6.61 Å². The van der Waals surface area contributed by atoms with Crippen LogP contribution >= 0.6 is 11.3 Å². The molecule has 2 aromatic rings. The van der Waals surface area contributed by atoms with Gasteiger partial charge in [0.1, 0.15) is 12.4 Å². The number of carbonyl (C=O) groups is 1. The van der Waals surface area contributed by atoms with Gasteiger partial charge in [-0.3, -0.25) is 4.79 Å². The van der Waals surface area contributed by atoms with Crippen molar-refractivity contribution >= 4 is 17.1 Å². The molecule has 0 N–H and O–H groups in total. The molecule has 0 fully saturated rings. The summed E-state index contributed by atoms with van der Waals surface area (Å²) in [4.78, 5) is 15.2. The topological polar surface area (TPSA) is 39.2 Å². The highest BCUT2D eigenvalue weighted by Gasteiger charge is 2.00. The van der Waals surface area contributed by atoms with Gasteiger partial charge in [0.25, 0.3) is 0 Å². The predicted molar refractivity (Wildman–Crippen MR) is 62.9 cm³/mol. The van der Waals surface area contributed by atoms with Gasteiger partial charge in [0.15, 0.2) is 5.78 Å². The molecule has 3 nitrogen and oxygen atoms in total. The lowest BCUT2D eigenvalue weighted by atomic mass is 10.1. The lowest BCUT2D eigenvalue weighted by Crippen LogP contribution is -1.96. The van der Waals surface area contributed by atoms with E-state index in [1.807, 2.05) is 5.38 Å². The molecule has 0 spiro atoms. The minimum atomic E-state index is 0.0612. The second-order valence-corrected chi connectivity index (χ2v) is 4.07. The molecule has 0 radical (unpaired) electrons. The van der Waals surface area contributed by atoms with Gasteiger partial charge in [-0.1, -0.05) is 0 Å². The van der Waals surface area contributed by atoms with E-state index in [4.69, 9.17) is 4.74 Å². The van der Waals surface area contributed by atoms with Crippen molar-refractivity contribution < 1.29 is 9.53 Å². The van der Waals surface area contributed by atoms with Crippen LogP contribution in [0.15, 0.2) is 35.2 Å². The fourth-order valence-electron chi connectivity index (χ4n) is 1.25. The van der Waals surface area contributed by atoms with E-state index in [0.717, 1.165) is 11.4 Å². The number of rotatable bonds is 4. The molecule has 0 aliphatic rings. The fourth-order valence-corrected chi connectivity index (χ4v) is 1.80. The molecule has 0 bridgehead atoms. The first-order valence-electron chi connectivity index (χ1n) is 4.86. The molecule has 1 aromatic carbocycles. The maximum Gasteiger partial charge on any atom is 0.159 e. The fraction of sp³-hybridized carbons (Fsp3) is 0.167. The highest BCUT2D eigenvalue weighted by atomic mass is 32.1. The third kappa shape index (κ3) is 2.67. The number of ketones is 1. The monoisotopic (exact) mass is 233 g/mol. The average molecular weight is 233 g/mol. The average Bonchev–Trinajstić information content (AvgIpc) is 2.80. The second kappa shape index (κ2) is 4.90. The number of hydrogen-bond acceptors (Lipinski definition) is 4. The van der Waals surface area contributed by atoms with Gasteiger partial charge in [-0.2, -0.15) is 0 Å². The van der Waals surface area contributed by atoms with Gasteiger partial charge in [0.2, 0.25) is 0 Å². The van der Waals surface area contributed by atoms with Crippen LogP contribution in [-0.4, -0.2) is 10.8 Å².